The van der Waals surface area contributed by atoms with Crippen LogP contribution in [0, 0.1) is 32.1 Å². The first-order valence-corrected chi connectivity index (χ1v) is 4.89. The van der Waals surface area contributed by atoms with E-state index in [9.17, 15) is 0 Å². The lowest BCUT2D eigenvalue weighted by atomic mass is 10.1. The molecular weight excluding hydrogens is 202 g/mol. The standard InChI is InChI=1S/C11H11N5/c1-7-5-13-16(6-7)11-10(4-12)8(2)9(3)14-15-11/h5-6H,1-3H3. The molecular formula is C11H11N5. The summed E-state index contributed by atoms with van der Waals surface area (Å²) in [4.78, 5) is 0. The fourth-order valence-corrected chi connectivity index (χ4v) is 1.42. The van der Waals surface area contributed by atoms with E-state index >= 15 is 0 Å². The predicted molar refractivity (Wildman–Crippen MR) is 58.1 cm³/mol. The van der Waals surface area contributed by atoms with Crippen molar-refractivity contribution in [3.05, 3.63) is 34.8 Å². The van der Waals surface area contributed by atoms with Gasteiger partial charge in [-0.2, -0.15) is 15.5 Å². The van der Waals surface area contributed by atoms with E-state index in [1.54, 1.807) is 10.9 Å². The summed E-state index contributed by atoms with van der Waals surface area (Å²) in [6.07, 6.45) is 3.54. The highest BCUT2D eigenvalue weighted by molar-refractivity contribution is 5.48. The first kappa shape index (κ1) is 10.3. The maximum Gasteiger partial charge on any atom is 0.193 e. The molecule has 0 unspecified atom stereocenters. The Labute approximate surface area is 93.4 Å². The van der Waals surface area contributed by atoms with E-state index < -0.39 is 0 Å². The van der Waals surface area contributed by atoms with Crippen LogP contribution in [-0.4, -0.2) is 20.0 Å². The summed E-state index contributed by atoms with van der Waals surface area (Å²) < 4.78 is 1.58. The highest BCUT2D eigenvalue weighted by Crippen LogP contribution is 2.16. The molecule has 0 saturated carbocycles. The van der Waals surface area contributed by atoms with Crippen LogP contribution in [0.25, 0.3) is 5.82 Å². The molecule has 2 aromatic rings. The van der Waals surface area contributed by atoms with Crippen LogP contribution in [-0.2, 0) is 0 Å². The molecule has 0 amide bonds. The number of nitriles is 1. The maximum absolute atomic E-state index is 9.13. The van der Waals surface area contributed by atoms with Crippen LogP contribution in [0.5, 0.6) is 0 Å². The third-order valence-corrected chi connectivity index (χ3v) is 2.48. The average Bonchev–Trinajstić information content (AvgIpc) is 2.68. The molecule has 0 atom stereocenters. The Morgan fingerprint density at radius 1 is 1.25 bits per heavy atom. The van der Waals surface area contributed by atoms with Gasteiger partial charge in [-0.15, -0.1) is 5.10 Å². The molecule has 0 bridgehead atoms. The molecule has 2 heterocycles. The number of aryl methyl sites for hydroxylation is 2. The Morgan fingerprint density at radius 2 is 2.00 bits per heavy atom. The smallest absolute Gasteiger partial charge is 0.193 e. The van der Waals surface area contributed by atoms with Crippen molar-refractivity contribution in [2.45, 2.75) is 20.8 Å². The first-order chi connectivity index (χ1) is 7.63. The van der Waals surface area contributed by atoms with E-state index in [0.29, 0.717) is 11.4 Å². The third kappa shape index (κ3) is 1.54. The Bertz CT molecular complexity index is 577. The molecule has 0 spiro atoms. The van der Waals surface area contributed by atoms with Gasteiger partial charge in [-0.05, 0) is 31.9 Å². The van der Waals surface area contributed by atoms with E-state index in [0.717, 1.165) is 16.8 Å². The molecule has 0 N–H and O–H groups in total. The van der Waals surface area contributed by atoms with Crippen molar-refractivity contribution in [2.24, 2.45) is 0 Å². The molecule has 5 nitrogen and oxygen atoms in total. The second kappa shape index (κ2) is 3.74. The molecule has 0 fully saturated rings. The van der Waals surface area contributed by atoms with E-state index in [4.69, 9.17) is 5.26 Å². The lowest BCUT2D eigenvalue weighted by molar-refractivity contribution is 0.796. The molecule has 0 aliphatic rings. The quantitative estimate of drug-likeness (QED) is 0.719. The van der Waals surface area contributed by atoms with Crippen LogP contribution >= 0.6 is 0 Å². The molecule has 5 heteroatoms. The van der Waals surface area contributed by atoms with Gasteiger partial charge in [0, 0.05) is 6.20 Å². The summed E-state index contributed by atoms with van der Waals surface area (Å²) >= 11 is 0. The van der Waals surface area contributed by atoms with Crippen LogP contribution in [0.4, 0.5) is 0 Å². The van der Waals surface area contributed by atoms with Gasteiger partial charge in [0.1, 0.15) is 11.6 Å². The van der Waals surface area contributed by atoms with E-state index in [-0.39, 0.29) is 0 Å². The van der Waals surface area contributed by atoms with Gasteiger partial charge in [-0.25, -0.2) is 4.68 Å². The number of hydrogen-bond acceptors (Lipinski definition) is 4. The zero-order chi connectivity index (χ0) is 11.7. The average molecular weight is 213 g/mol. The summed E-state index contributed by atoms with van der Waals surface area (Å²) in [5, 5.41) is 21.3. The van der Waals surface area contributed by atoms with Gasteiger partial charge < -0.3 is 0 Å². The SMILES string of the molecule is Cc1cnn(-c2nnc(C)c(C)c2C#N)c1. The highest BCUT2D eigenvalue weighted by Gasteiger charge is 2.12. The van der Waals surface area contributed by atoms with Crippen molar-refractivity contribution in [3.8, 4) is 11.9 Å². The van der Waals surface area contributed by atoms with Crippen molar-refractivity contribution < 1.29 is 0 Å². The van der Waals surface area contributed by atoms with Gasteiger partial charge in [0.05, 0.1) is 11.9 Å². The normalized spacial score (nSPS) is 10.1. The van der Waals surface area contributed by atoms with Gasteiger partial charge in [-0.1, -0.05) is 0 Å². The number of hydrogen-bond donors (Lipinski definition) is 0. The Kier molecular flexibility index (Phi) is 2.41. The second-order valence-corrected chi connectivity index (χ2v) is 3.68. The molecule has 80 valence electrons. The van der Waals surface area contributed by atoms with Crippen LogP contribution in [0.15, 0.2) is 12.4 Å². The zero-order valence-corrected chi connectivity index (χ0v) is 9.39. The van der Waals surface area contributed by atoms with E-state index in [2.05, 4.69) is 21.4 Å². The van der Waals surface area contributed by atoms with Gasteiger partial charge in [0.2, 0.25) is 0 Å². The van der Waals surface area contributed by atoms with Crippen molar-refractivity contribution in [2.75, 3.05) is 0 Å². The summed E-state index contributed by atoms with van der Waals surface area (Å²) in [5.41, 5.74) is 3.16. The minimum absolute atomic E-state index is 0.485. The topological polar surface area (TPSA) is 67.4 Å². The lowest BCUT2D eigenvalue weighted by Gasteiger charge is -2.06. The third-order valence-electron chi connectivity index (χ3n) is 2.48. The van der Waals surface area contributed by atoms with Crippen LogP contribution < -0.4 is 0 Å². The van der Waals surface area contributed by atoms with Gasteiger partial charge in [0.25, 0.3) is 0 Å². The van der Waals surface area contributed by atoms with Crippen molar-refractivity contribution in [3.63, 3.8) is 0 Å². The van der Waals surface area contributed by atoms with E-state index in [1.807, 2.05) is 27.0 Å². The number of aromatic nitrogens is 4. The van der Waals surface area contributed by atoms with Crippen LogP contribution in [0.2, 0.25) is 0 Å². The van der Waals surface area contributed by atoms with Crippen LogP contribution in [0.1, 0.15) is 22.4 Å². The molecule has 0 aliphatic carbocycles. The van der Waals surface area contributed by atoms with E-state index in [1.165, 1.54) is 0 Å². The minimum atomic E-state index is 0.485. The summed E-state index contributed by atoms with van der Waals surface area (Å²) in [5.74, 6) is 0.485. The first-order valence-electron chi connectivity index (χ1n) is 4.89. The summed E-state index contributed by atoms with van der Waals surface area (Å²) in [7, 11) is 0. The Hall–Kier alpha value is -2.22. The van der Waals surface area contributed by atoms with Gasteiger partial charge >= 0.3 is 0 Å². The maximum atomic E-state index is 9.13. The van der Waals surface area contributed by atoms with Gasteiger partial charge in [0.15, 0.2) is 5.82 Å². The van der Waals surface area contributed by atoms with Crippen LogP contribution in [0.3, 0.4) is 0 Å². The molecule has 0 radical (unpaired) electrons. The monoisotopic (exact) mass is 213 g/mol. The molecule has 2 aromatic heterocycles. The Morgan fingerprint density at radius 3 is 2.56 bits per heavy atom. The highest BCUT2D eigenvalue weighted by atomic mass is 15.3. The molecule has 16 heavy (non-hydrogen) atoms. The van der Waals surface area contributed by atoms with Crippen molar-refractivity contribution in [1.29, 1.82) is 5.26 Å². The summed E-state index contributed by atoms with van der Waals surface area (Å²) in [6, 6.07) is 2.15. The van der Waals surface area contributed by atoms with Crippen molar-refractivity contribution >= 4 is 0 Å². The van der Waals surface area contributed by atoms with Crippen molar-refractivity contribution in [1.82, 2.24) is 20.0 Å². The molecule has 0 aliphatic heterocycles. The number of rotatable bonds is 1. The zero-order valence-electron chi connectivity index (χ0n) is 9.39. The minimum Gasteiger partial charge on any atom is -0.219 e. The molecule has 0 aromatic carbocycles. The fraction of sp³-hybridized carbons (Fsp3) is 0.273. The largest absolute Gasteiger partial charge is 0.219 e. The second-order valence-electron chi connectivity index (χ2n) is 3.68. The molecule has 2 rings (SSSR count). The predicted octanol–water partition coefficient (Wildman–Crippen LogP) is 1.46. The fourth-order valence-electron chi connectivity index (χ4n) is 1.42. The molecule has 0 saturated heterocycles. The van der Waals surface area contributed by atoms with Gasteiger partial charge in [-0.3, -0.25) is 0 Å². The summed E-state index contributed by atoms with van der Waals surface area (Å²) in [6.45, 7) is 5.63. The lowest BCUT2D eigenvalue weighted by Crippen LogP contribution is -2.07. The number of nitrogens with zero attached hydrogens (tertiary/aromatic N) is 5. The Balaban J connectivity index is 2.67.